The van der Waals surface area contributed by atoms with Gasteiger partial charge in [0.1, 0.15) is 0 Å². The lowest BCUT2D eigenvalue weighted by atomic mass is 9.92. The van der Waals surface area contributed by atoms with Crippen LogP contribution in [0.25, 0.3) is 0 Å². The van der Waals surface area contributed by atoms with Crippen LogP contribution in [-0.4, -0.2) is 26.3 Å². The van der Waals surface area contributed by atoms with Crippen molar-refractivity contribution >= 4 is 10.8 Å². The molecule has 0 aromatic heterocycles. The van der Waals surface area contributed by atoms with Gasteiger partial charge in [0, 0.05) is 11.5 Å². The molecule has 1 unspecified atom stereocenters. The lowest BCUT2D eigenvalue weighted by molar-refractivity contribution is 0.137. The molecule has 2 N–H and O–H groups in total. The van der Waals surface area contributed by atoms with Crippen molar-refractivity contribution in [1.29, 1.82) is 0 Å². The van der Waals surface area contributed by atoms with Gasteiger partial charge in [0.2, 0.25) is 0 Å². The van der Waals surface area contributed by atoms with Crippen molar-refractivity contribution in [3.8, 4) is 0 Å². The zero-order chi connectivity index (χ0) is 17.5. The maximum absolute atomic E-state index is 13.2. The minimum atomic E-state index is -1.35. The van der Waals surface area contributed by atoms with E-state index in [2.05, 4.69) is 0 Å². The third-order valence-corrected chi connectivity index (χ3v) is 6.32. The fourth-order valence-electron chi connectivity index (χ4n) is 2.99. The standard InChI is InChI=1S/C20H26O3S/c1-3-16(13-14-21)20(19(22)17-7-5-4-6-8-17)24(23)18-11-9-15(2)10-12-18/h4-12,16,19-22H,3,13-14H2,1-2H3/t16-,19-,20+,24?/m1/s1. The predicted molar refractivity (Wildman–Crippen MR) is 98.3 cm³/mol. The Hall–Kier alpha value is -1.49. The Bertz CT molecular complexity index is 640. The van der Waals surface area contributed by atoms with E-state index in [1.807, 2.05) is 68.4 Å². The third-order valence-electron chi connectivity index (χ3n) is 4.44. The molecule has 0 saturated carbocycles. The van der Waals surface area contributed by atoms with E-state index in [0.29, 0.717) is 6.42 Å². The van der Waals surface area contributed by atoms with E-state index in [-0.39, 0.29) is 12.5 Å². The van der Waals surface area contributed by atoms with Crippen molar-refractivity contribution in [2.75, 3.05) is 6.61 Å². The topological polar surface area (TPSA) is 57.5 Å². The number of aliphatic hydroxyl groups excluding tert-OH is 2. The first-order valence-corrected chi connectivity index (χ1v) is 9.60. The molecule has 4 heteroatoms. The summed E-state index contributed by atoms with van der Waals surface area (Å²) >= 11 is 0. The molecule has 130 valence electrons. The zero-order valence-electron chi connectivity index (χ0n) is 14.3. The third kappa shape index (κ3) is 4.53. The van der Waals surface area contributed by atoms with Crippen molar-refractivity contribution in [2.45, 2.75) is 42.9 Å². The molecule has 0 saturated heterocycles. The summed E-state index contributed by atoms with van der Waals surface area (Å²) in [6.07, 6.45) is 0.458. The van der Waals surface area contributed by atoms with Crippen molar-refractivity contribution in [1.82, 2.24) is 0 Å². The van der Waals surface area contributed by atoms with E-state index >= 15 is 0 Å². The SMILES string of the molecule is CC[C@H](CCO)[C@@H]([C@H](O)c1ccccc1)S(=O)c1ccc(C)cc1. The molecule has 0 fully saturated rings. The van der Waals surface area contributed by atoms with E-state index in [1.54, 1.807) is 0 Å². The summed E-state index contributed by atoms with van der Waals surface area (Å²) in [5.74, 6) is -0.0210. The number of aryl methyl sites for hydroxylation is 1. The average molecular weight is 346 g/mol. The van der Waals surface area contributed by atoms with Crippen LogP contribution in [0.4, 0.5) is 0 Å². The summed E-state index contributed by atoms with van der Waals surface area (Å²) in [6, 6.07) is 17.0. The number of rotatable bonds is 8. The van der Waals surface area contributed by atoms with Crippen molar-refractivity contribution in [3.63, 3.8) is 0 Å². The number of benzene rings is 2. The summed E-state index contributed by atoms with van der Waals surface area (Å²) in [6.45, 7) is 4.03. The van der Waals surface area contributed by atoms with E-state index < -0.39 is 22.2 Å². The van der Waals surface area contributed by atoms with Gasteiger partial charge in [-0.2, -0.15) is 0 Å². The summed E-state index contributed by atoms with van der Waals surface area (Å²) in [7, 11) is -1.35. The molecule has 24 heavy (non-hydrogen) atoms. The Labute approximate surface area is 146 Å². The second-order valence-electron chi connectivity index (χ2n) is 6.11. The molecule has 0 heterocycles. The van der Waals surface area contributed by atoms with Crippen LogP contribution < -0.4 is 0 Å². The minimum Gasteiger partial charge on any atom is -0.396 e. The van der Waals surface area contributed by atoms with Gasteiger partial charge in [-0.1, -0.05) is 61.4 Å². The van der Waals surface area contributed by atoms with E-state index in [1.165, 1.54) is 0 Å². The van der Waals surface area contributed by atoms with E-state index in [9.17, 15) is 14.4 Å². The smallest absolute Gasteiger partial charge is 0.0939 e. The highest BCUT2D eigenvalue weighted by atomic mass is 32.2. The Morgan fingerprint density at radius 1 is 1.04 bits per heavy atom. The first kappa shape index (κ1) is 18.8. The van der Waals surface area contributed by atoms with Crippen molar-refractivity contribution < 1.29 is 14.4 Å². The number of hydrogen-bond acceptors (Lipinski definition) is 3. The summed E-state index contributed by atoms with van der Waals surface area (Å²) < 4.78 is 13.2. The van der Waals surface area contributed by atoms with Gasteiger partial charge in [-0.25, -0.2) is 0 Å². The quantitative estimate of drug-likeness (QED) is 0.768. The Kier molecular flexibility index (Phi) is 7.16. The first-order valence-electron chi connectivity index (χ1n) is 8.39. The highest BCUT2D eigenvalue weighted by Crippen LogP contribution is 2.33. The zero-order valence-corrected chi connectivity index (χ0v) is 15.1. The lowest BCUT2D eigenvalue weighted by Gasteiger charge is -2.30. The predicted octanol–water partition coefficient (Wildman–Crippen LogP) is 3.61. The summed E-state index contributed by atoms with van der Waals surface area (Å²) in [5, 5.41) is 19.8. The molecular formula is C20H26O3S. The molecule has 2 aromatic rings. The maximum Gasteiger partial charge on any atom is 0.0939 e. The van der Waals surface area contributed by atoms with Gasteiger partial charge < -0.3 is 10.2 Å². The molecule has 3 nitrogen and oxygen atoms in total. The Morgan fingerprint density at radius 3 is 2.21 bits per heavy atom. The summed E-state index contributed by atoms with van der Waals surface area (Å²) in [5.41, 5.74) is 1.87. The second kappa shape index (κ2) is 9.11. The van der Waals surface area contributed by atoms with Crippen LogP contribution in [0.3, 0.4) is 0 Å². The average Bonchev–Trinajstić information content (AvgIpc) is 2.62. The first-order chi connectivity index (χ1) is 11.6. The number of aliphatic hydroxyl groups is 2. The van der Waals surface area contributed by atoms with Gasteiger partial charge >= 0.3 is 0 Å². The van der Waals surface area contributed by atoms with E-state index in [0.717, 1.165) is 22.4 Å². The molecule has 0 spiro atoms. The van der Waals surface area contributed by atoms with Crippen LogP contribution in [-0.2, 0) is 10.8 Å². The van der Waals surface area contributed by atoms with E-state index in [4.69, 9.17) is 0 Å². The van der Waals surface area contributed by atoms with Crippen LogP contribution in [0.5, 0.6) is 0 Å². The largest absolute Gasteiger partial charge is 0.396 e. The van der Waals surface area contributed by atoms with Gasteiger partial charge in [0.05, 0.1) is 22.2 Å². The molecule has 0 aliphatic heterocycles. The second-order valence-corrected chi connectivity index (χ2v) is 7.72. The molecule has 0 radical (unpaired) electrons. The molecule has 0 aliphatic rings. The van der Waals surface area contributed by atoms with Crippen LogP contribution in [0.15, 0.2) is 59.5 Å². The minimum absolute atomic E-state index is 0.0210. The molecule has 2 rings (SSSR count). The molecule has 0 bridgehead atoms. The normalized spacial score (nSPS) is 16.3. The Morgan fingerprint density at radius 2 is 1.67 bits per heavy atom. The van der Waals surface area contributed by atoms with Crippen molar-refractivity contribution in [3.05, 3.63) is 65.7 Å². The highest BCUT2D eigenvalue weighted by molar-refractivity contribution is 7.85. The fourth-order valence-corrected chi connectivity index (χ4v) is 4.77. The van der Waals surface area contributed by atoms with Crippen molar-refractivity contribution in [2.24, 2.45) is 5.92 Å². The molecular weight excluding hydrogens is 320 g/mol. The number of hydrogen-bond donors (Lipinski definition) is 2. The monoisotopic (exact) mass is 346 g/mol. The lowest BCUT2D eigenvalue weighted by Crippen LogP contribution is -2.33. The van der Waals surface area contributed by atoms with Crippen LogP contribution >= 0.6 is 0 Å². The molecule has 4 atom stereocenters. The molecule has 0 amide bonds. The van der Waals surface area contributed by atoms with Gasteiger partial charge in [0.15, 0.2) is 0 Å². The summed E-state index contributed by atoms with van der Waals surface area (Å²) in [4.78, 5) is 0.719. The van der Waals surface area contributed by atoms with Crippen LogP contribution in [0, 0.1) is 12.8 Å². The Balaban J connectivity index is 2.38. The van der Waals surface area contributed by atoms with Gasteiger partial charge in [-0.15, -0.1) is 0 Å². The van der Waals surface area contributed by atoms with Crippen LogP contribution in [0.1, 0.15) is 37.0 Å². The molecule has 0 aliphatic carbocycles. The van der Waals surface area contributed by atoms with Gasteiger partial charge in [0.25, 0.3) is 0 Å². The van der Waals surface area contributed by atoms with Crippen LogP contribution in [0.2, 0.25) is 0 Å². The molecule has 2 aromatic carbocycles. The van der Waals surface area contributed by atoms with Gasteiger partial charge in [-0.3, -0.25) is 4.21 Å². The van der Waals surface area contributed by atoms with Gasteiger partial charge in [-0.05, 0) is 37.0 Å². The fraction of sp³-hybridized carbons (Fsp3) is 0.400. The maximum atomic E-state index is 13.2. The highest BCUT2D eigenvalue weighted by Gasteiger charge is 2.34.